The molecule has 1 saturated heterocycles. The van der Waals surface area contributed by atoms with Crippen LogP contribution in [0.3, 0.4) is 0 Å². The second-order valence-corrected chi connectivity index (χ2v) is 13.2. The Hall–Kier alpha value is -4.25. The first kappa shape index (κ1) is 35.6. The van der Waals surface area contributed by atoms with Crippen LogP contribution in [0.5, 0.6) is 0 Å². The van der Waals surface area contributed by atoms with Gasteiger partial charge in [-0.2, -0.15) is 0 Å². The van der Waals surface area contributed by atoms with Crippen molar-refractivity contribution in [3.8, 4) is 0 Å². The van der Waals surface area contributed by atoms with Gasteiger partial charge in [-0.25, -0.2) is 9.78 Å². The molecule has 0 spiro atoms. The number of fused-ring (bicyclic) bond motifs is 1. The van der Waals surface area contributed by atoms with E-state index in [1.54, 1.807) is 20.0 Å². The van der Waals surface area contributed by atoms with E-state index < -0.39 is 48.0 Å². The van der Waals surface area contributed by atoms with Crippen LogP contribution in [0.15, 0.2) is 55.0 Å². The lowest BCUT2D eigenvalue weighted by Gasteiger charge is -2.30. The van der Waals surface area contributed by atoms with Crippen molar-refractivity contribution in [2.45, 2.75) is 96.9 Å². The van der Waals surface area contributed by atoms with Crippen LogP contribution < -0.4 is 10.6 Å². The van der Waals surface area contributed by atoms with Crippen LogP contribution in [-0.2, 0) is 36.8 Å². The number of carbonyl (C=O) groups excluding carboxylic acids is 4. The van der Waals surface area contributed by atoms with Gasteiger partial charge >= 0.3 is 5.97 Å². The number of aromatic nitrogens is 2. The Morgan fingerprint density at radius 1 is 0.936 bits per heavy atom. The number of aromatic amines is 1. The van der Waals surface area contributed by atoms with E-state index in [4.69, 9.17) is 4.74 Å². The van der Waals surface area contributed by atoms with Crippen molar-refractivity contribution in [2.75, 3.05) is 13.1 Å². The number of amides is 3. The summed E-state index contributed by atoms with van der Waals surface area (Å²) in [6, 6.07) is 11.8. The number of likely N-dealkylation sites (tertiary alicyclic amines) is 1. The molecular weight excluding hydrogens is 598 g/mol. The van der Waals surface area contributed by atoms with Crippen LogP contribution in [0.4, 0.5) is 0 Å². The highest BCUT2D eigenvalue weighted by atomic mass is 16.6. The number of ether oxygens (including phenoxy) is 1. The van der Waals surface area contributed by atoms with Crippen molar-refractivity contribution < 1.29 is 29.0 Å². The average Bonchev–Trinajstić information content (AvgIpc) is 3.56. The third-order valence-corrected chi connectivity index (χ3v) is 8.49. The van der Waals surface area contributed by atoms with Crippen LogP contribution in [0.25, 0.3) is 10.8 Å². The predicted octanol–water partition coefficient (Wildman–Crippen LogP) is 3.70. The maximum absolute atomic E-state index is 14.2. The van der Waals surface area contributed by atoms with E-state index in [9.17, 15) is 24.3 Å². The summed E-state index contributed by atoms with van der Waals surface area (Å²) in [5.41, 5.74) is 1.55. The SMILES string of the molecule is CC(C)C[C@H](NC(=O)[C@H](Cc1cnc[nH]1)NC(=O)C(CC(=O)N1CCCCC1)Cc1cccc2ccccc12)C(O)C(=O)OC(C)C. The zero-order chi connectivity index (χ0) is 33.9. The fourth-order valence-electron chi connectivity index (χ4n) is 6.12. The smallest absolute Gasteiger partial charge is 0.337 e. The van der Waals surface area contributed by atoms with Crippen molar-refractivity contribution in [1.29, 1.82) is 0 Å². The van der Waals surface area contributed by atoms with E-state index in [0.29, 0.717) is 31.6 Å². The molecule has 0 aliphatic carbocycles. The predicted molar refractivity (Wildman–Crippen MR) is 179 cm³/mol. The van der Waals surface area contributed by atoms with Gasteiger partial charge in [-0.3, -0.25) is 14.4 Å². The largest absolute Gasteiger partial charge is 0.461 e. The first-order valence-corrected chi connectivity index (χ1v) is 16.7. The molecule has 0 saturated carbocycles. The summed E-state index contributed by atoms with van der Waals surface area (Å²) in [6.45, 7) is 8.54. The summed E-state index contributed by atoms with van der Waals surface area (Å²) in [5.74, 6) is -2.61. The maximum Gasteiger partial charge on any atom is 0.337 e. The number of benzene rings is 2. The number of piperidine rings is 1. The third kappa shape index (κ3) is 10.4. The van der Waals surface area contributed by atoms with Crippen molar-refractivity contribution in [1.82, 2.24) is 25.5 Å². The first-order valence-electron chi connectivity index (χ1n) is 16.7. The van der Waals surface area contributed by atoms with Crippen molar-refractivity contribution in [3.63, 3.8) is 0 Å². The molecule has 0 bridgehead atoms. The molecule has 3 aromatic rings. The fraction of sp³-hybridized carbons (Fsp3) is 0.528. The lowest BCUT2D eigenvalue weighted by molar-refractivity contribution is -0.159. The molecule has 1 aromatic heterocycles. The number of nitrogens with zero attached hydrogens (tertiary/aromatic N) is 2. The normalized spacial score (nSPS) is 16.0. The Balaban J connectivity index is 1.59. The molecule has 254 valence electrons. The second kappa shape index (κ2) is 17.1. The van der Waals surface area contributed by atoms with Gasteiger partial charge in [0.25, 0.3) is 0 Å². The van der Waals surface area contributed by atoms with E-state index >= 15 is 0 Å². The number of hydrogen-bond acceptors (Lipinski definition) is 7. The van der Waals surface area contributed by atoms with Gasteiger partial charge in [-0.15, -0.1) is 0 Å². The Bertz CT molecular complexity index is 1480. The number of rotatable bonds is 15. The van der Waals surface area contributed by atoms with Gasteiger partial charge in [-0.1, -0.05) is 56.3 Å². The molecule has 4 atom stereocenters. The monoisotopic (exact) mass is 647 g/mol. The zero-order valence-electron chi connectivity index (χ0n) is 27.9. The summed E-state index contributed by atoms with van der Waals surface area (Å²) in [4.78, 5) is 63.0. The molecule has 3 amide bonds. The molecule has 1 aliphatic heterocycles. The van der Waals surface area contributed by atoms with E-state index in [2.05, 4.69) is 20.6 Å². The molecule has 2 unspecified atom stereocenters. The fourth-order valence-corrected chi connectivity index (χ4v) is 6.12. The summed E-state index contributed by atoms with van der Waals surface area (Å²) in [7, 11) is 0. The first-order chi connectivity index (χ1) is 22.5. The molecule has 4 rings (SSSR count). The highest BCUT2D eigenvalue weighted by Gasteiger charge is 2.34. The Kier molecular flexibility index (Phi) is 12.9. The lowest BCUT2D eigenvalue weighted by atomic mass is 9.91. The van der Waals surface area contributed by atoms with Crippen molar-refractivity contribution in [3.05, 3.63) is 66.2 Å². The number of esters is 1. The third-order valence-electron chi connectivity index (χ3n) is 8.49. The minimum atomic E-state index is -1.59. The Labute approximate surface area is 276 Å². The number of H-pyrrole nitrogens is 1. The molecule has 1 fully saturated rings. The average molecular weight is 648 g/mol. The minimum Gasteiger partial charge on any atom is -0.461 e. The van der Waals surface area contributed by atoms with Crippen molar-refractivity contribution >= 4 is 34.5 Å². The van der Waals surface area contributed by atoms with Crippen LogP contribution in [0.1, 0.15) is 71.1 Å². The molecule has 47 heavy (non-hydrogen) atoms. The standard InChI is InChI=1S/C36H49N5O6/c1-23(2)17-30(33(43)36(46)47-24(3)4)39-35(45)31(20-28-21-37-22-38-28)40-34(44)27(19-32(42)41-15-8-5-9-16-41)18-26-13-10-12-25-11-6-7-14-29(25)26/h6-7,10-14,21-24,27,30-31,33,43H,5,8-9,15-20H2,1-4H3,(H,37,38)(H,39,45)(H,40,44)/t27?,30-,31-,33?/m0/s1. The van der Waals surface area contributed by atoms with Gasteiger partial charge in [0.15, 0.2) is 6.10 Å². The molecule has 0 radical (unpaired) electrons. The Morgan fingerprint density at radius 3 is 2.34 bits per heavy atom. The molecule has 11 nitrogen and oxygen atoms in total. The minimum absolute atomic E-state index is 0.00316. The van der Waals surface area contributed by atoms with E-state index in [1.807, 2.05) is 61.2 Å². The molecule has 1 aliphatic rings. The lowest BCUT2D eigenvalue weighted by Crippen LogP contribution is -2.56. The highest BCUT2D eigenvalue weighted by molar-refractivity contribution is 5.92. The van der Waals surface area contributed by atoms with Crippen LogP contribution in [0, 0.1) is 11.8 Å². The summed E-state index contributed by atoms with van der Waals surface area (Å²) in [5, 5.41) is 18.6. The number of carbonyl (C=O) groups is 4. The van der Waals surface area contributed by atoms with Gasteiger partial charge in [0.2, 0.25) is 17.7 Å². The van der Waals surface area contributed by atoms with Gasteiger partial charge in [0, 0.05) is 37.8 Å². The topological polar surface area (TPSA) is 154 Å². The van der Waals surface area contributed by atoms with Crippen molar-refractivity contribution in [2.24, 2.45) is 11.8 Å². The quantitative estimate of drug-likeness (QED) is 0.184. The van der Waals surface area contributed by atoms with Gasteiger partial charge in [0.05, 0.1) is 24.4 Å². The maximum atomic E-state index is 14.2. The number of nitrogens with one attached hydrogen (secondary N) is 3. The zero-order valence-corrected chi connectivity index (χ0v) is 27.9. The highest BCUT2D eigenvalue weighted by Crippen LogP contribution is 2.24. The van der Waals surface area contributed by atoms with Gasteiger partial charge < -0.3 is 30.4 Å². The molecule has 4 N–H and O–H groups in total. The summed E-state index contributed by atoms with van der Waals surface area (Å²) >= 11 is 0. The van der Waals surface area contributed by atoms with Crippen LogP contribution in [0.2, 0.25) is 0 Å². The number of hydrogen-bond donors (Lipinski definition) is 4. The van der Waals surface area contributed by atoms with Gasteiger partial charge in [-0.05, 0) is 68.2 Å². The molecule has 2 aromatic carbocycles. The second-order valence-electron chi connectivity index (χ2n) is 13.2. The molecule has 2 heterocycles. The van der Waals surface area contributed by atoms with E-state index in [0.717, 1.165) is 35.6 Å². The molecule has 11 heteroatoms. The summed E-state index contributed by atoms with van der Waals surface area (Å²) in [6.07, 6.45) is 4.68. The molecular formula is C36H49N5O6. The summed E-state index contributed by atoms with van der Waals surface area (Å²) < 4.78 is 5.21. The van der Waals surface area contributed by atoms with E-state index in [-0.39, 0.29) is 24.7 Å². The van der Waals surface area contributed by atoms with Crippen LogP contribution >= 0.6 is 0 Å². The number of imidazole rings is 1. The Morgan fingerprint density at radius 2 is 1.66 bits per heavy atom. The van der Waals surface area contributed by atoms with E-state index in [1.165, 1.54) is 6.33 Å². The van der Waals surface area contributed by atoms with Gasteiger partial charge in [0.1, 0.15) is 6.04 Å². The number of aliphatic hydroxyl groups excluding tert-OH is 1. The number of aliphatic hydroxyl groups is 1. The van der Waals surface area contributed by atoms with Crippen LogP contribution in [-0.4, -0.2) is 81.0 Å².